The molecule has 0 aliphatic heterocycles. The summed E-state index contributed by atoms with van der Waals surface area (Å²) in [6.45, 7) is 0. The van der Waals surface area contributed by atoms with E-state index in [1.807, 2.05) is 0 Å². The minimum Gasteiger partial charge on any atom is -0.507 e. The number of nitrogens with zero attached hydrogens (tertiary/aromatic N) is 6. The first-order chi connectivity index (χ1) is 9.65. The molecule has 2 aromatic carbocycles. The Morgan fingerprint density at radius 1 is 0.750 bits per heavy atom. The summed E-state index contributed by atoms with van der Waals surface area (Å²) in [6.07, 6.45) is 0. The molecule has 0 fully saturated rings. The quantitative estimate of drug-likeness (QED) is 0.475. The lowest BCUT2D eigenvalue weighted by Crippen LogP contribution is -1.78. The molecule has 0 aliphatic carbocycles. The second-order valence-electron chi connectivity index (χ2n) is 3.79. The third-order valence-corrected chi connectivity index (χ3v) is 2.59. The molecule has 2 aromatic rings. The van der Waals surface area contributed by atoms with Crippen molar-refractivity contribution in [2.45, 2.75) is 0 Å². The SMILES string of the molecule is [N-]=[N+]=Nc1ccc(-c2ccc(N=[N+]=[N-])c(O)c2)cc1O. The van der Waals surface area contributed by atoms with Gasteiger partial charge in [0.1, 0.15) is 11.5 Å². The number of benzene rings is 2. The topological polar surface area (TPSA) is 138 Å². The third kappa shape index (κ3) is 2.56. The number of phenols is 2. The van der Waals surface area contributed by atoms with Gasteiger partial charge in [-0.2, -0.15) is 0 Å². The number of rotatable bonds is 3. The maximum Gasteiger partial charge on any atom is 0.125 e. The van der Waals surface area contributed by atoms with Gasteiger partial charge in [-0.05, 0) is 46.5 Å². The van der Waals surface area contributed by atoms with Crippen molar-refractivity contribution < 1.29 is 10.2 Å². The molecule has 0 radical (unpaired) electrons. The van der Waals surface area contributed by atoms with Crippen LogP contribution in [0.1, 0.15) is 0 Å². The summed E-state index contributed by atoms with van der Waals surface area (Å²) >= 11 is 0. The fraction of sp³-hybridized carbons (Fsp3) is 0. The molecule has 0 spiro atoms. The molecular weight excluding hydrogens is 260 g/mol. The Balaban J connectivity index is 2.46. The Morgan fingerprint density at radius 2 is 1.15 bits per heavy atom. The lowest BCUT2D eigenvalue weighted by molar-refractivity contribution is 0.475. The predicted molar refractivity (Wildman–Crippen MR) is 72.8 cm³/mol. The number of hydrogen-bond acceptors (Lipinski definition) is 4. The predicted octanol–water partition coefficient (Wildman–Crippen LogP) is 4.65. The van der Waals surface area contributed by atoms with Gasteiger partial charge in [0, 0.05) is 9.82 Å². The molecule has 0 aromatic heterocycles. The van der Waals surface area contributed by atoms with Crippen molar-refractivity contribution >= 4 is 11.4 Å². The second kappa shape index (κ2) is 5.53. The van der Waals surface area contributed by atoms with Crippen LogP contribution in [0, 0.1) is 0 Å². The Kier molecular flexibility index (Phi) is 3.63. The fourth-order valence-electron chi connectivity index (χ4n) is 1.67. The molecule has 2 N–H and O–H groups in total. The van der Waals surface area contributed by atoms with Crippen LogP contribution >= 0.6 is 0 Å². The fourth-order valence-corrected chi connectivity index (χ4v) is 1.67. The smallest absolute Gasteiger partial charge is 0.125 e. The Hall–Kier alpha value is -3.34. The van der Waals surface area contributed by atoms with Gasteiger partial charge in [-0.3, -0.25) is 0 Å². The van der Waals surface area contributed by atoms with Crippen LogP contribution in [0.2, 0.25) is 0 Å². The minimum atomic E-state index is -0.168. The zero-order valence-corrected chi connectivity index (χ0v) is 10.0. The van der Waals surface area contributed by atoms with E-state index >= 15 is 0 Å². The molecule has 0 saturated carbocycles. The zero-order valence-electron chi connectivity index (χ0n) is 10.0. The molecule has 0 amide bonds. The van der Waals surface area contributed by atoms with Crippen molar-refractivity contribution in [3.05, 3.63) is 57.3 Å². The van der Waals surface area contributed by atoms with Gasteiger partial charge >= 0.3 is 0 Å². The van der Waals surface area contributed by atoms with E-state index < -0.39 is 0 Å². The van der Waals surface area contributed by atoms with Crippen molar-refractivity contribution in [3.63, 3.8) is 0 Å². The molecule has 0 saturated heterocycles. The Bertz CT molecular complexity index is 695. The molecule has 0 atom stereocenters. The van der Waals surface area contributed by atoms with Crippen LogP contribution in [-0.2, 0) is 0 Å². The number of aromatic hydroxyl groups is 2. The molecule has 0 aliphatic rings. The Labute approximate surface area is 112 Å². The van der Waals surface area contributed by atoms with E-state index in [4.69, 9.17) is 11.1 Å². The van der Waals surface area contributed by atoms with E-state index in [1.165, 1.54) is 24.3 Å². The highest BCUT2D eigenvalue weighted by Gasteiger charge is 2.06. The molecule has 98 valence electrons. The van der Waals surface area contributed by atoms with Crippen LogP contribution in [-0.4, -0.2) is 10.2 Å². The maximum absolute atomic E-state index is 9.70. The molecule has 0 bridgehead atoms. The first-order valence-electron chi connectivity index (χ1n) is 5.42. The van der Waals surface area contributed by atoms with E-state index in [-0.39, 0.29) is 22.9 Å². The van der Waals surface area contributed by atoms with Crippen LogP contribution < -0.4 is 0 Å². The van der Waals surface area contributed by atoms with Gasteiger partial charge in [0.2, 0.25) is 0 Å². The third-order valence-electron chi connectivity index (χ3n) is 2.59. The summed E-state index contributed by atoms with van der Waals surface area (Å²) in [5, 5.41) is 26.0. The van der Waals surface area contributed by atoms with Gasteiger partial charge < -0.3 is 10.2 Å². The van der Waals surface area contributed by atoms with Gasteiger partial charge in [-0.25, -0.2) is 0 Å². The zero-order chi connectivity index (χ0) is 14.5. The minimum absolute atomic E-state index is 0.117. The molecule has 8 heteroatoms. The monoisotopic (exact) mass is 268 g/mol. The molecule has 2 rings (SSSR count). The number of hydrogen-bond donors (Lipinski definition) is 2. The Morgan fingerprint density at radius 3 is 1.45 bits per heavy atom. The molecule has 8 nitrogen and oxygen atoms in total. The highest BCUT2D eigenvalue weighted by molar-refractivity contribution is 5.72. The lowest BCUT2D eigenvalue weighted by Gasteiger charge is -2.06. The molecule has 20 heavy (non-hydrogen) atoms. The van der Waals surface area contributed by atoms with Crippen molar-refractivity contribution in [1.29, 1.82) is 0 Å². The highest BCUT2D eigenvalue weighted by atomic mass is 16.3. The molecular formula is C12H8N6O2. The summed E-state index contributed by atoms with van der Waals surface area (Å²) in [4.78, 5) is 5.19. The van der Waals surface area contributed by atoms with Crippen molar-refractivity contribution in [3.8, 4) is 22.6 Å². The summed E-state index contributed by atoms with van der Waals surface area (Å²) in [5.74, 6) is -0.335. The number of azide groups is 2. The van der Waals surface area contributed by atoms with E-state index in [9.17, 15) is 10.2 Å². The van der Waals surface area contributed by atoms with Crippen LogP contribution in [0.3, 0.4) is 0 Å². The van der Waals surface area contributed by atoms with E-state index in [0.717, 1.165) is 0 Å². The summed E-state index contributed by atoms with van der Waals surface area (Å²) in [6, 6.07) is 9.00. The van der Waals surface area contributed by atoms with Crippen LogP contribution in [0.4, 0.5) is 11.4 Å². The van der Waals surface area contributed by atoms with E-state index in [1.54, 1.807) is 12.1 Å². The molecule has 0 unspecified atom stereocenters. The lowest BCUT2D eigenvalue weighted by atomic mass is 10.0. The average molecular weight is 268 g/mol. The van der Waals surface area contributed by atoms with Crippen molar-refractivity contribution in [2.24, 2.45) is 10.2 Å². The first-order valence-corrected chi connectivity index (χ1v) is 5.42. The standard InChI is InChI=1S/C12H8N6O2/c13-17-15-9-3-1-7(5-11(9)19)8-2-4-10(16-18-14)12(20)6-8/h1-6,19-20H. The van der Waals surface area contributed by atoms with E-state index in [2.05, 4.69) is 20.1 Å². The van der Waals surface area contributed by atoms with Crippen LogP contribution in [0.25, 0.3) is 32.0 Å². The van der Waals surface area contributed by atoms with Crippen LogP contribution in [0.15, 0.2) is 46.6 Å². The van der Waals surface area contributed by atoms with Crippen LogP contribution in [0.5, 0.6) is 11.5 Å². The van der Waals surface area contributed by atoms with Gasteiger partial charge in [0.25, 0.3) is 0 Å². The van der Waals surface area contributed by atoms with E-state index in [0.29, 0.717) is 11.1 Å². The highest BCUT2D eigenvalue weighted by Crippen LogP contribution is 2.35. The summed E-state index contributed by atoms with van der Waals surface area (Å²) in [5.41, 5.74) is 18.1. The average Bonchev–Trinajstić information content (AvgIpc) is 2.44. The molecule has 0 heterocycles. The van der Waals surface area contributed by atoms with Crippen molar-refractivity contribution in [2.75, 3.05) is 0 Å². The van der Waals surface area contributed by atoms with Gasteiger partial charge in [0.15, 0.2) is 0 Å². The summed E-state index contributed by atoms with van der Waals surface area (Å²) < 4.78 is 0. The van der Waals surface area contributed by atoms with Gasteiger partial charge in [0.05, 0.1) is 11.4 Å². The largest absolute Gasteiger partial charge is 0.507 e. The maximum atomic E-state index is 9.70. The van der Waals surface area contributed by atoms with Gasteiger partial charge in [-0.1, -0.05) is 22.4 Å². The summed E-state index contributed by atoms with van der Waals surface area (Å²) in [7, 11) is 0. The first kappa shape index (κ1) is 13.1. The number of phenolic OH excluding ortho intramolecular Hbond substituents is 2. The normalized spacial score (nSPS) is 9.40. The second-order valence-corrected chi connectivity index (χ2v) is 3.79. The van der Waals surface area contributed by atoms with Crippen molar-refractivity contribution in [1.82, 2.24) is 0 Å². The van der Waals surface area contributed by atoms with Gasteiger partial charge in [-0.15, -0.1) is 0 Å².